The third-order valence-corrected chi connectivity index (χ3v) is 3.46. The van der Waals surface area contributed by atoms with E-state index in [9.17, 15) is 9.59 Å². The quantitative estimate of drug-likeness (QED) is 0.742. The van der Waals surface area contributed by atoms with E-state index in [0.717, 1.165) is 0 Å². The van der Waals surface area contributed by atoms with Crippen LogP contribution in [0.3, 0.4) is 0 Å². The Morgan fingerprint density at radius 2 is 2.12 bits per heavy atom. The number of allylic oxidation sites excluding steroid dienone is 2. The molecule has 4 nitrogen and oxygen atoms in total. The van der Waals surface area contributed by atoms with E-state index in [2.05, 4.69) is 0 Å². The fraction of sp³-hybridized carbons (Fsp3) is 0.500. The Morgan fingerprint density at radius 1 is 1.47 bits per heavy atom. The van der Waals surface area contributed by atoms with Crippen LogP contribution in [0.2, 0.25) is 0 Å². The zero-order valence-electron chi connectivity index (χ0n) is 9.52. The molecular weight excluding hydrogens is 244 g/mol. The van der Waals surface area contributed by atoms with Gasteiger partial charge in [-0.3, -0.25) is 4.79 Å². The van der Waals surface area contributed by atoms with Gasteiger partial charge in [-0.2, -0.15) is 0 Å². The minimum absolute atomic E-state index is 0.137. The van der Waals surface area contributed by atoms with Crippen LogP contribution in [0.5, 0.6) is 0 Å². The summed E-state index contributed by atoms with van der Waals surface area (Å²) in [6, 6.07) is 0. The van der Waals surface area contributed by atoms with Gasteiger partial charge in [0.15, 0.2) is 0 Å². The van der Waals surface area contributed by atoms with Crippen molar-refractivity contribution in [1.29, 1.82) is 0 Å². The van der Waals surface area contributed by atoms with Crippen molar-refractivity contribution in [2.24, 2.45) is 11.3 Å². The summed E-state index contributed by atoms with van der Waals surface area (Å²) < 4.78 is 0. The summed E-state index contributed by atoms with van der Waals surface area (Å²) in [4.78, 5) is 22.4. The molecule has 0 spiro atoms. The van der Waals surface area contributed by atoms with Crippen molar-refractivity contribution < 1.29 is 19.8 Å². The molecule has 2 atom stereocenters. The third-order valence-electron chi connectivity index (χ3n) is 3.19. The van der Waals surface area contributed by atoms with Gasteiger partial charge in [0.2, 0.25) is 0 Å². The van der Waals surface area contributed by atoms with Gasteiger partial charge >= 0.3 is 11.9 Å². The average Bonchev–Trinajstić information content (AvgIpc) is 2.25. The molecule has 0 aromatic carbocycles. The standard InChI is InChI=1S/C12H15ClO4/c1-12(6-3-7-13)8(10(14)15)4-2-5-9(12)11(16)17/h2,4-5,8H,3,6-7H2,1H3,(H,14,15)(H,16,17). The molecule has 0 heterocycles. The summed E-state index contributed by atoms with van der Waals surface area (Å²) >= 11 is 5.60. The molecule has 0 bridgehead atoms. The molecule has 0 radical (unpaired) electrons. The van der Waals surface area contributed by atoms with Gasteiger partial charge in [0.1, 0.15) is 0 Å². The van der Waals surface area contributed by atoms with Crippen LogP contribution in [0, 0.1) is 11.3 Å². The van der Waals surface area contributed by atoms with Gasteiger partial charge in [-0.25, -0.2) is 4.79 Å². The van der Waals surface area contributed by atoms with Gasteiger partial charge in [-0.15, -0.1) is 11.6 Å². The van der Waals surface area contributed by atoms with E-state index < -0.39 is 23.3 Å². The van der Waals surface area contributed by atoms with Gasteiger partial charge in [-0.05, 0) is 12.8 Å². The van der Waals surface area contributed by atoms with E-state index in [4.69, 9.17) is 21.8 Å². The molecule has 2 N–H and O–H groups in total. The van der Waals surface area contributed by atoms with E-state index in [1.54, 1.807) is 6.92 Å². The third kappa shape index (κ3) is 2.69. The van der Waals surface area contributed by atoms with Gasteiger partial charge in [0.25, 0.3) is 0 Å². The van der Waals surface area contributed by atoms with Crippen LogP contribution in [0.4, 0.5) is 0 Å². The number of halogens is 1. The summed E-state index contributed by atoms with van der Waals surface area (Å²) in [5.74, 6) is -2.51. The number of hydrogen-bond acceptors (Lipinski definition) is 2. The van der Waals surface area contributed by atoms with Crippen LogP contribution in [0.15, 0.2) is 23.8 Å². The lowest BCUT2D eigenvalue weighted by Gasteiger charge is -2.36. The van der Waals surface area contributed by atoms with Crippen LogP contribution < -0.4 is 0 Å². The number of carboxylic acid groups (broad SMARTS) is 2. The Balaban J connectivity index is 3.12. The molecule has 94 valence electrons. The summed E-state index contributed by atoms with van der Waals surface area (Å²) in [6.45, 7) is 1.67. The predicted molar refractivity (Wildman–Crippen MR) is 64.0 cm³/mol. The van der Waals surface area contributed by atoms with Gasteiger partial charge in [0.05, 0.1) is 5.92 Å². The SMILES string of the molecule is CC1(CCCCl)C(C(=O)O)=CC=CC1C(=O)O. The van der Waals surface area contributed by atoms with Crippen molar-refractivity contribution in [3.63, 3.8) is 0 Å². The maximum absolute atomic E-state index is 11.2. The van der Waals surface area contributed by atoms with Crippen LogP contribution >= 0.6 is 11.6 Å². The van der Waals surface area contributed by atoms with Crippen molar-refractivity contribution in [3.05, 3.63) is 23.8 Å². The normalized spacial score (nSPS) is 27.6. The summed E-state index contributed by atoms with van der Waals surface area (Å²) in [6.07, 6.45) is 5.51. The molecule has 0 saturated carbocycles. The van der Waals surface area contributed by atoms with Gasteiger partial charge in [-0.1, -0.05) is 25.2 Å². The molecule has 1 rings (SSSR count). The molecule has 0 saturated heterocycles. The highest BCUT2D eigenvalue weighted by atomic mass is 35.5. The minimum atomic E-state index is -1.07. The lowest BCUT2D eigenvalue weighted by Crippen LogP contribution is -2.38. The van der Waals surface area contributed by atoms with Gasteiger partial charge < -0.3 is 10.2 Å². The maximum atomic E-state index is 11.2. The van der Waals surface area contributed by atoms with Crippen molar-refractivity contribution >= 4 is 23.5 Å². The summed E-state index contributed by atoms with van der Waals surface area (Å²) in [7, 11) is 0. The first-order valence-electron chi connectivity index (χ1n) is 5.34. The average molecular weight is 259 g/mol. The molecular formula is C12H15ClO4. The number of carboxylic acids is 2. The van der Waals surface area contributed by atoms with Crippen LogP contribution in [0.1, 0.15) is 19.8 Å². The predicted octanol–water partition coefficient (Wildman–Crippen LogP) is 2.29. The number of hydrogen-bond donors (Lipinski definition) is 2. The van der Waals surface area contributed by atoms with Gasteiger partial charge in [0, 0.05) is 16.9 Å². The Labute approximate surface area is 105 Å². The Kier molecular flexibility index (Phi) is 4.34. The number of carbonyl (C=O) groups is 2. The molecule has 0 fully saturated rings. The fourth-order valence-corrected chi connectivity index (χ4v) is 2.36. The highest BCUT2D eigenvalue weighted by Gasteiger charge is 2.44. The largest absolute Gasteiger partial charge is 0.481 e. The Hall–Kier alpha value is -1.29. The first kappa shape index (κ1) is 13.8. The zero-order chi connectivity index (χ0) is 13.1. The van der Waals surface area contributed by atoms with Crippen molar-refractivity contribution in [3.8, 4) is 0 Å². The summed E-state index contributed by atoms with van der Waals surface area (Å²) in [5.41, 5.74) is -0.765. The second kappa shape index (κ2) is 5.36. The van der Waals surface area contributed by atoms with Crippen molar-refractivity contribution in [2.45, 2.75) is 19.8 Å². The molecule has 17 heavy (non-hydrogen) atoms. The fourth-order valence-electron chi connectivity index (χ4n) is 2.23. The topological polar surface area (TPSA) is 74.6 Å². The highest BCUT2D eigenvalue weighted by Crippen LogP contribution is 2.43. The molecule has 2 unspecified atom stereocenters. The van der Waals surface area contributed by atoms with E-state index in [1.807, 2.05) is 0 Å². The second-order valence-corrected chi connectivity index (χ2v) is 4.67. The molecule has 0 amide bonds. The summed E-state index contributed by atoms with van der Waals surface area (Å²) in [5, 5.41) is 18.3. The Morgan fingerprint density at radius 3 is 2.59 bits per heavy atom. The zero-order valence-corrected chi connectivity index (χ0v) is 10.3. The number of rotatable bonds is 5. The van der Waals surface area contributed by atoms with E-state index in [0.29, 0.717) is 18.7 Å². The maximum Gasteiger partial charge on any atom is 0.332 e. The lowest BCUT2D eigenvalue weighted by molar-refractivity contribution is -0.144. The number of aliphatic carboxylic acids is 2. The molecule has 1 aliphatic carbocycles. The minimum Gasteiger partial charge on any atom is -0.481 e. The highest BCUT2D eigenvalue weighted by molar-refractivity contribution is 6.17. The molecule has 0 aliphatic heterocycles. The van der Waals surface area contributed by atoms with Crippen LogP contribution in [-0.4, -0.2) is 28.0 Å². The molecule has 5 heteroatoms. The second-order valence-electron chi connectivity index (χ2n) is 4.30. The monoisotopic (exact) mass is 258 g/mol. The van der Waals surface area contributed by atoms with E-state index >= 15 is 0 Å². The Bertz CT molecular complexity index is 386. The molecule has 0 aromatic heterocycles. The first-order chi connectivity index (χ1) is 7.93. The van der Waals surface area contributed by atoms with E-state index in [1.165, 1.54) is 18.2 Å². The van der Waals surface area contributed by atoms with Crippen LogP contribution in [-0.2, 0) is 9.59 Å². The number of alkyl halides is 1. The molecule has 1 aliphatic rings. The van der Waals surface area contributed by atoms with Crippen molar-refractivity contribution in [2.75, 3.05) is 5.88 Å². The van der Waals surface area contributed by atoms with E-state index in [-0.39, 0.29) is 5.57 Å². The molecule has 0 aromatic rings. The first-order valence-corrected chi connectivity index (χ1v) is 5.88. The van der Waals surface area contributed by atoms with Crippen LogP contribution in [0.25, 0.3) is 0 Å². The lowest BCUT2D eigenvalue weighted by atomic mass is 9.66. The smallest absolute Gasteiger partial charge is 0.332 e. The van der Waals surface area contributed by atoms with Crippen molar-refractivity contribution in [1.82, 2.24) is 0 Å².